The number of aliphatic hydroxyl groups is 1. The second-order valence-electron chi connectivity index (χ2n) is 27.9. The van der Waals surface area contributed by atoms with Crippen molar-refractivity contribution in [1.29, 1.82) is 0 Å². The van der Waals surface area contributed by atoms with Crippen LogP contribution in [0.1, 0.15) is 388 Å². The van der Waals surface area contributed by atoms with Gasteiger partial charge in [-0.15, -0.1) is 0 Å². The minimum atomic E-state index is -4.97. The van der Waals surface area contributed by atoms with E-state index < -0.39 is 97.5 Å². The van der Waals surface area contributed by atoms with Crippen LogP contribution in [-0.2, 0) is 65.4 Å². The quantitative estimate of drug-likeness (QED) is 0.0169. The molecule has 5 atom stereocenters. The number of carbonyl (C=O) groups excluding carboxylic acids is 4. The largest absolute Gasteiger partial charge is 0.472 e. The number of phosphoric ester groups is 2. The predicted octanol–water partition coefficient (Wildman–Crippen LogP) is 22.8. The molecule has 3 N–H and O–H groups in total. The molecule has 0 aromatic heterocycles. The number of carbonyl (C=O) groups is 4. The number of ether oxygens (including phenoxy) is 4. The third kappa shape index (κ3) is 71.7. The van der Waals surface area contributed by atoms with Gasteiger partial charge in [-0.2, -0.15) is 0 Å². The third-order valence-electron chi connectivity index (χ3n) is 17.7. The molecule has 97 heavy (non-hydrogen) atoms. The van der Waals surface area contributed by atoms with Gasteiger partial charge in [-0.25, -0.2) is 9.13 Å². The summed E-state index contributed by atoms with van der Waals surface area (Å²) < 4.78 is 68.5. The van der Waals surface area contributed by atoms with Crippen LogP contribution in [0, 0.1) is 5.92 Å². The average molecular weight is 1420 g/mol. The van der Waals surface area contributed by atoms with E-state index in [1.54, 1.807) is 0 Å². The molecule has 0 radical (unpaired) electrons. The second-order valence-corrected chi connectivity index (χ2v) is 30.8. The maximum Gasteiger partial charge on any atom is 0.472 e. The molecule has 0 rings (SSSR count). The van der Waals surface area contributed by atoms with Gasteiger partial charge in [0.25, 0.3) is 0 Å². The average Bonchev–Trinajstić information content (AvgIpc) is 1.11. The highest BCUT2D eigenvalue weighted by Crippen LogP contribution is 2.45. The van der Waals surface area contributed by atoms with Crippen molar-refractivity contribution in [3.8, 4) is 0 Å². The Balaban J connectivity index is 5.25. The van der Waals surface area contributed by atoms with Gasteiger partial charge in [0, 0.05) is 25.7 Å². The molecule has 0 fully saturated rings. The summed E-state index contributed by atoms with van der Waals surface area (Å²) in [6.07, 6.45) is 63.3. The molecule has 0 aliphatic carbocycles. The SMILES string of the molecule is CCCCCC/C=C\C=C/CCCCCCCC(=O)OC[C@H](COP(=O)(O)OC[C@@H](O)COP(=O)(O)OC[C@@H](COC(=O)CCCCCCCCCC(C)C)OC(=O)CCCCCCCCCCCCCC)OC(=O)CCCCCCCCCCCCCCCCCCCCCC. The summed E-state index contributed by atoms with van der Waals surface area (Å²) in [5.41, 5.74) is 0. The van der Waals surface area contributed by atoms with Crippen LogP contribution in [0.15, 0.2) is 24.3 Å². The van der Waals surface area contributed by atoms with Crippen LogP contribution in [-0.4, -0.2) is 96.7 Å². The Labute approximate surface area is 592 Å². The van der Waals surface area contributed by atoms with Crippen molar-refractivity contribution in [1.82, 2.24) is 0 Å². The standard InChI is InChI=1S/C78H148O17P2/c1-6-9-12-15-18-21-24-27-29-30-31-32-33-35-37-40-43-48-54-59-64-78(83)94-73(67-88-75(80)61-56-51-46-41-39-36-34-28-25-22-19-16-13-10-7-2)69-92-96(84,85)90-65-72(79)66-91-97(86,87)93-70-74(68-89-76(81)62-57-52-49-44-45-50-55-60-71(4)5)95-77(82)63-58-53-47-42-38-26-23-20-17-14-11-8-3/h22,25,28,34,71-74,79H,6-21,23-24,26-27,29-33,35-70H2,1-5H3,(H,84,85)(H,86,87)/b25-22-,34-28-/t72-,73-,74-/m1/s1. The molecule has 0 saturated heterocycles. The van der Waals surface area contributed by atoms with Gasteiger partial charge in [0.1, 0.15) is 19.3 Å². The molecular weight excluding hydrogens is 1270 g/mol. The lowest BCUT2D eigenvalue weighted by molar-refractivity contribution is -0.161. The first kappa shape index (κ1) is 94.5. The zero-order chi connectivity index (χ0) is 71.2. The first-order valence-corrected chi connectivity index (χ1v) is 42.9. The number of allylic oxidation sites excluding steroid dienone is 4. The summed E-state index contributed by atoms with van der Waals surface area (Å²) in [6, 6.07) is 0. The lowest BCUT2D eigenvalue weighted by Gasteiger charge is -2.21. The molecule has 0 aromatic rings. The Hall–Kier alpha value is -2.46. The number of hydrogen-bond acceptors (Lipinski definition) is 15. The summed E-state index contributed by atoms with van der Waals surface area (Å²) in [5, 5.41) is 10.6. The van der Waals surface area contributed by atoms with Gasteiger partial charge in [0.2, 0.25) is 0 Å². The van der Waals surface area contributed by atoms with E-state index in [2.05, 4.69) is 58.9 Å². The summed E-state index contributed by atoms with van der Waals surface area (Å²) in [6.45, 7) is 7.18. The maximum absolute atomic E-state index is 13.1. The Bertz CT molecular complexity index is 1950. The number of aliphatic hydroxyl groups excluding tert-OH is 1. The van der Waals surface area contributed by atoms with E-state index in [-0.39, 0.29) is 25.7 Å². The smallest absolute Gasteiger partial charge is 0.462 e. The summed E-state index contributed by atoms with van der Waals surface area (Å²) in [5.74, 6) is -1.44. The topological polar surface area (TPSA) is 237 Å². The Kier molecular flexibility index (Phi) is 68.8. The Morgan fingerprint density at radius 3 is 0.845 bits per heavy atom. The lowest BCUT2D eigenvalue weighted by Crippen LogP contribution is -2.30. The van der Waals surface area contributed by atoms with Crippen molar-refractivity contribution in [3.05, 3.63) is 24.3 Å². The molecule has 19 heteroatoms. The molecule has 572 valence electrons. The minimum Gasteiger partial charge on any atom is -0.462 e. The van der Waals surface area contributed by atoms with E-state index in [4.69, 9.17) is 37.0 Å². The van der Waals surface area contributed by atoms with Crippen molar-refractivity contribution in [2.75, 3.05) is 39.6 Å². The van der Waals surface area contributed by atoms with E-state index in [0.717, 1.165) is 116 Å². The summed E-state index contributed by atoms with van der Waals surface area (Å²) in [7, 11) is -9.92. The fourth-order valence-electron chi connectivity index (χ4n) is 11.5. The number of unbranched alkanes of at least 4 members (excludes halogenated alkanes) is 45. The summed E-state index contributed by atoms with van der Waals surface area (Å²) >= 11 is 0. The van der Waals surface area contributed by atoms with Crippen molar-refractivity contribution in [2.45, 2.75) is 406 Å². The molecule has 0 aliphatic rings. The predicted molar refractivity (Wildman–Crippen MR) is 395 cm³/mol. The van der Waals surface area contributed by atoms with Crippen LogP contribution in [0.2, 0.25) is 0 Å². The van der Waals surface area contributed by atoms with Crippen molar-refractivity contribution < 1.29 is 80.2 Å². The maximum atomic E-state index is 13.1. The van der Waals surface area contributed by atoms with Crippen LogP contribution in [0.5, 0.6) is 0 Å². The molecule has 2 unspecified atom stereocenters. The van der Waals surface area contributed by atoms with E-state index >= 15 is 0 Å². The number of phosphoric acid groups is 2. The van der Waals surface area contributed by atoms with E-state index in [1.807, 2.05) is 0 Å². The van der Waals surface area contributed by atoms with Crippen LogP contribution < -0.4 is 0 Å². The molecule has 0 spiro atoms. The first-order chi connectivity index (χ1) is 47.0. The lowest BCUT2D eigenvalue weighted by atomic mass is 10.0. The fourth-order valence-corrected chi connectivity index (χ4v) is 13.1. The molecule has 0 heterocycles. The normalized spacial score (nSPS) is 14.1. The van der Waals surface area contributed by atoms with Gasteiger partial charge in [-0.1, -0.05) is 335 Å². The summed E-state index contributed by atoms with van der Waals surface area (Å²) in [4.78, 5) is 72.8. The highest BCUT2D eigenvalue weighted by atomic mass is 31.2. The molecule has 0 amide bonds. The van der Waals surface area contributed by atoms with Gasteiger partial charge in [-0.3, -0.25) is 37.3 Å². The van der Waals surface area contributed by atoms with Crippen LogP contribution in [0.3, 0.4) is 0 Å². The van der Waals surface area contributed by atoms with Gasteiger partial charge in [-0.05, 0) is 57.3 Å². The highest BCUT2D eigenvalue weighted by Gasteiger charge is 2.30. The van der Waals surface area contributed by atoms with Crippen LogP contribution >= 0.6 is 15.6 Å². The zero-order valence-corrected chi connectivity index (χ0v) is 64.5. The van der Waals surface area contributed by atoms with Crippen molar-refractivity contribution in [2.24, 2.45) is 5.92 Å². The Morgan fingerprint density at radius 1 is 0.320 bits per heavy atom. The highest BCUT2D eigenvalue weighted by molar-refractivity contribution is 7.47. The molecule has 0 saturated carbocycles. The molecule has 17 nitrogen and oxygen atoms in total. The van der Waals surface area contributed by atoms with Crippen molar-refractivity contribution >= 4 is 39.5 Å². The monoisotopic (exact) mass is 1420 g/mol. The molecular formula is C78H148O17P2. The van der Waals surface area contributed by atoms with E-state index in [9.17, 15) is 43.2 Å². The van der Waals surface area contributed by atoms with Gasteiger partial charge in [0.05, 0.1) is 26.4 Å². The molecule has 0 aliphatic heterocycles. The number of esters is 4. The number of rotatable bonds is 76. The van der Waals surface area contributed by atoms with Crippen LogP contribution in [0.25, 0.3) is 0 Å². The zero-order valence-electron chi connectivity index (χ0n) is 62.7. The number of hydrogen-bond donors (Lipinski definition) is 3. The minimum absolute atomic E-state index is 0.102. The van der Waals surface area contributed by atoms with Gasteiger partial charge >= 0.3 is 39.5 Å². The Morgan fingerprint density at radius 2 is 0.557 bits per heavy atom. The second kappa shape index (κ2) is 70.6. The third-order valence-corrected chi connectivity index (χ3v) is 19.6. The first-order valence-electron chi connectivity index (χ1n) is 40.0. The van der Waals surface area contributed by atoms with Gasteiger partial charge < -0.3 is 33.8 Å². The van der Waals surface area contributed by atoms with E-state index in [0.29, 0.717) is 31.6 Å². The van der Waals surface area contributed by atoms with Gasteiger partial charge in [0.15, 0.2) is 12.2 Å². The van der Waals surface area contributed by atoms with E-state index in [1.165, 1.54) is 186 Å². The molecule has 0 bridgehead atoms. The molecule has 0 aromatic carbocycles. The van der Waals surface area contributed by atoms with Crippen molar-refractivity contribution in [3.63, 3.8) is 0 Å². The van der Waals surface area contributed by atoms with Crippen LogP contribution in [0.4, 0.5) is 0 Å². The fraction of sp³-hybridized carbons (Fsp3) is 0.897.